The van der Waals surface area contributed by atoms with Gasteiger partial charge < -0.3 is 5.11 Å². The molecule has 0 amide bonds. The van der Waals surface area contributed by atoms with E-state index in [0.717, 1.165) is 0 Å². The van der Waals surface area contributed by atoms with Crippen molar-refractivity contribution in [1.82, 2.24) is 0 Å². The Kier molecular flexibility index (Phi) is 4.16. The molecule has 0 spiro atoms. The Bertz CT molecular complexity index is 501. The maximum atomic E-state index is 11.3. The molecule has 0 heterocycles. The molecule has 106 valence electrons. The highest BCUT2D eigenvalue weighted by Gasteiger charge is 2.44. The molecule has 2 aromatic rings. The minimum Gasteiger partial charge on any atom is -0.393 e. The van der Waals surface area contributed by atoms with Gasteiger partial charge in [0.25, 0.3) is 0 Å². The van der Waals surface area contributed by atoms with Gasteiger partial charge in [0.15, 0.2) is 0 Å². The molecule has 0 aliphatic carbocycles. The first-order valence-electron chi connectivity index (χ1n) is 7.16. The summed E-state index contributed by atoms with van der Waals surface area (Å²) >= 11 is 0. The van der Waals surface area contributed by atoms with Crippen molar-refractivity contribution >= 4 is 19.2 Å². The van der Waals surface area contributed by atoms with Crippen molar-refractivity contribution in [2.24, 2.45) is 5.41 Å². The van der Waals surface area contributed by atoms with Crippen LogP contribution in [0.5, 0.6) is 0 Å². The summed E-state index contributed by atoms with van der Waals surface area (Å²) < 4.78 is 0. The van der Waals surface area contributed by atoms with Gasteiger partial charge in [-0.1, -0.05) is 91.8 Å². The summed E-state index contributed by atoms with van der Waals surface area (Å²) in [5.74, 6) is 0. The quantitative estimate of drug-likeness (QED) is 0.858. The molecular weight excluding hydrogens is 260 g/mol. The molecular formula is C18H24OSi. The Morgan fingerprint density at radius 3 is 1.35 bits per heavy atom. The smallest absolute Gasteiger partial charge is 0.138 e. The number of hydrogen-bond donors (Lipinski definition) is 1. The van der Waals surface area contributed by atoms with Crippen LogP contribution in [0.15, 0.2) is 60.7 Å². The first-order chi connectivity index (χ1) is 9.34. The van der Waals surface area contributed by atoms with Crippen LogP contribution in [-0.2, 0) is 0 Å². The minimum atomic E-state index is -1.73. The molecule has 0 aliphatic rings. The van der Waals surface area contributed by atoms with Crippen molar-refractivity contribution in [3.05, 3.63) is 60.7 Å². The third-order valence-electron chi connectivity index (χ3n) is 4.35. The van der Waals surface area contributed by atoms with Gasteiger partial charge in [0.05, 0.1) is 5.22 Å². The predicted molar refractivity (Wildman–Crippen MR) is 89.4 cm³/mol. The van der Waals surface area contributed by atoms with Crippen molar-refractivity contribution in [3.63, 3.8) is 0 Å². The third-order valence-corrected chi connectivity index (χ3v) is 8.44. The third kappa shape index (κ3) is 2.86. The second-order valence-electron chi connectivity index (χ2n) is 6.65. The second-order valence-corrected chi connectivity index (χ2v) is 9.98. The Morgan fingerprint density at radius 1 is 0.700 bits per heavy atom. The Hall–Kier alpha value is -1.38. The van der Waals surface area contributed by atoms with Gasteiger partial charge in [0.1, 0.15) is 8.80 Å². The lowest BCUT2D eigenvalue weighted by atomic mass is 9.89. The van der Waals surface area contributed by atoms with Crippen LogP contribution in [0.3, 0.4) is 0 Å². The number of rotatable bonds is 3. The van der Waals surface area contributed by atoms with Gasteiger partial charge in [0.2, 0.25) is 0 Å². The van der Waals surface area contributed by atoms with Crippen molar-refractivity contribution < 1.29 is 5.11 Å². The SMILES string of the molecule is CC(C)(C)C(C)(O)[SiH](c1ccccc1)c1ccccc1. The summed E-state index contributed by atoms with van der Waals surface area (Å²) in [4.78, 5) is 0. The van der Waals surface area contributed by atoms with E-state index in [4.69, 9.17) is 0 Å². The monoisotopic (exact) mass is 284 g/mol. The molecule has 0 radical (unpaired) electrons. The molecule has 20 heavy (non-hydrogen) atoms. The number of benzene rings is 2. The summed E-state index contributed by atoms with van der Waals surface area (Å²) in [6, 6.07) is 21.0. The first kappa shape index (κ1) is 15.0. The lowest BCUT2D eigenvalue weighted by molar-refractivity contribution is 0.0317. The average Bonchev–Trinajstić information content (AvgIpc) is 2.40. The van der Waals surface area contributed by atoms with Gasteiger partial charge in [-0.15, -0.1) is 0 Å². The van der Waals surface area contributed by atoms with E-state index in [1.807, 2.05) is 19.1 Å². The molecule has 1 unspecified atom stereocenters. The zero-order valence-electron chi connectivity index (χ0n) is 12.8. The van der Waals surface area contributed by atoms with Gasteiger partial charge in [-0.2, -0.15) is 0 Å². The Morgan fingerprint density at radius 2 is 1.05 bits per heavy atom. The highest BCUT2D eigenvalue weighted by atomic mass is 28.3. The topological polar surface area (TPSA) is 20.2 Å². The predicted octanol–water partition coefficient (Wildman–Crippen LogP) is 2.36. The fourth-order valence-electron chi connectivity index (χ4n) is 2.57. The van der Waals surface area contributed by atoms with Crippen LogP contribution in [-0.4, -0.2) is 19.1 Å². The molecule has 2 heteroatoms. The van der Waals surface area contributed by atoms with E-state index < -0.39 is 14.0 Å². The molecule has 0 bridgehead atoms. The highest BCUT2D eigenvalue weighted by molar-refractivity contribution is 6.87. The zero-order valence-corrected chi connectivity index (χ0v) is 14.0. The highest BCUT2D eigenvalue weighted by Crippen LogP contribution is 2.32. The Balaban J connectivity index is 2.57. The minimum absolute atomic E-state index is 0.157. The maximum Gasteiger partial charge on any atom is 0.138 e. The second kappa shape index (κ2) is 5.55. The number of hydrogen-bond acceptors (Lipinski definition) is 1. The van der Waals surface area contributed by atoms with E-state index in [-0.39, 0.29) is 5.41 Å². The van der Waals surface area contributed by atoms with Crippen LogP contribution in [0, 0.1) is 5.41 Å². The Labute approximate surface area is 123 Å². The van der Waals surface area contributed by atoms with Crippen LogP contribution in [0.2, 0.25) is 0 Å². The lowest BCUT2D eigenvalue weighted by Gasteiger charge is -2.43. The molecule has 0 aliphatic heterocycles. The van der Waals surface area contributed by atoms with Crippen LogP contribution in [0.1, 0.15) is 27.7 Å². The van der Waals surface area contributed by atoms with Gasteiger partial charge >= 0.3 is 0 Å². The van der Waals surface area contributed by atoms with Crippen molar-refractivity contribution in [2.75, 3.05) is 0 Å². The summed E-state index contributed by atoms with van der Waals surface area (Å²) in [6.07, 6.45) is 0. The largest absolute Gasteiger partial charge is 0.393 e. The molecule has 1 atom stereocenters. The van der Waals surface area contributed by atoms with Crippen LogP contribution < -0.4 is 10.4 Å². The van der Waals surface area contributed by atoms with Crippen LogP contribution in [0.25, 0.3) is 0 Å². The standard InChI is InChI=1S/C18H24OSi/c1-17(2,3)18(4,19)20(15-11-7-5-8-12-15)16-13-9-6-10-14-16/h5-14,19-20H,1-4H3. The lowest BCUT2D eigenvalue weighted by Crippen LogP contribution is -2.64. The zero-order chi connectivity index (χ0) is 14.8. The molecule has 1 N–H and O–H groups in total. The molecule has 2 aromatic carbocycles. The van der Waals surface area contributed by atoms with Gasteiger partial charge in [0, 0.05) is 0 Å². The van der Waals surface area contributed by atoms with E-state index >= 15 is 0 Å². The maximum absolute atomic E-state index is 11.3. The van der Waals surface area contributed by atoms with Crippen LogP contribution in [0.4, 0.5) is 0 Å². The van der Waals surface area contributed by atoms with E-state index in [2.05, 4.69) is 69.3 Å². The summed E-state index contributed by atoms with van der Waals surface area (Å²) in [7, 11) is -1.73. The molecule has 2 rings (SSSR count). The fraction of sp³-hybridized carbons (Fsp3) is 0.333. The summed E-state index contributed by atoms with van der Waals surface area (Å²) in [5, 5.41) is 13.2. The van der Waals surface area contributed by atoms with E-state index in [1.54, 1.807) is 0 Å². The van der Waals surface area contributed by atoms with E-state index in [9.17, 15) is 5.11 Å². The summed E-state index contributed by atoms with van der Waals surface area (Å²) in [6.45, 7) is 8.38. The van der Waals surface area contributed by atoms with Gasteiger partial charge in [-0.05, 0) is 12.3 Å². The van der Waals surface area contributed by atoms with E-state index in [0.29, 0.717) is 0 Å². The molecule has 0 fully saturated rings. The average molecular weight is 284 g/mol. The number of aliphatic hydroxyl groups is 1. The summed E-state index contributed by atoms with van der Waals surface area (Å²) in [5.41, 5.74) is -0.157. The van der Waals surface area contributed by atoms with Crippen LogP contribution >= 0.6 is 0 Å². The molecule has 0 saturated heterocycles. The van der Waals surface area contributed by atoms with Crippen molar-refractivity contribution in [1.29, 1.82) is 0 Å². The van der Waals surface area contributed by atoms with Crippen molar-refractivity contribution in [3.8, 4) is 0 Å². The van der Waals surface area contributed by atoms with E-state index in [1.165, 1.54) is 10.4 Å². The van der Waals surface area contributed by atoms with Crippen molar-refractivity contribution in [2.45, 2.75) is 32.9 Å². The molecule has 0 saturated carbocycles. The van der Waals surface area contributed by atoms with Gasteiger partial charge in [-0.25, -0.2) is 0 Å². The molecule has 1 nitrogen and oxygen atoms in total. The fourth-order valence-corrected chi connectivity index (χ4v) is 6.33. The molecule has 0 aromatic heterocycles. The van der Waals surface area contributed by atoms with Gasteiger partial charge in [-0.3, -0.25) is 0 Å². The first-order valence-corrected chi connectivity index (χ1v) is 8.89. The normalized spacial score (nSPS) is 15.1.